The molecule has 0 bridgehead atoms. The van der Waals surface area contributed by atoms with Crippen molar-refractivity contribution in [1.82, 2.24) is 0 Å². The van der Waals surface area contributed by atoms with E-state index in [1.807, 2.05) is 0 Å². The Labute approximate surface area is 127 Å². The smallest absolute Gasteiger partial charge is 0.384 e. The molecule has 2 rings (SSSR count). The minimum absolute atomic E-state index is 0.192. The summed E-state index contributed by atoms with van der Waals surface area (Å²) in [5.74, 6) is 0. The molecule has 0 aliphatic carbocycles. The second-order valence-electron chi connectivity index (χ2n) is 4.18. The maximum atomic E-state index is 13.0. The molecule has 6 heteroatoms. The summed E-state index contributed by atoms with van der Waals surface area (Å²) in [4.78, 5) is 0. The van der Waals surface area contributed by atoms with Gasteiger partial charge in [0.15, 0.2) is 0 Å². The Morgan fingerprint density at radius 3 is 2.20 bits per heavy atom. The van der Waals surface area contributed by atoms with E-state index in [0.717, 1.165) is 6.07 Å². The van der Waals surface area contributed by atoms with Crippen molar-refractivity contribution in [3.05, 3.63) is 68.7 Å². The fourth-order valence-corrected chi connectivity index (χ4v) is 2.32. The van der Waals surface area contributed by atoms with Crippen molar-refractivity contribution in [2.75, 3.05) is 0 Å². The molecule has 0 aliphatic rings. The molecule has 106 valence electrons. The topological polar surface area (TPSA) is 20.2 Å². The number of hydrogen-bond acceptors (Lipinski definition) is 1. The van der Waals surface area contributed by atoms with Crippen molar-refractivity contribution in [1.29, 1.82) is 0 Å². The van der Waals surface area contributed by atoms with Crippen LogP contribution in [-0.4, -0.2) is 5.11 Å². The van der Waals surface area contributed by atoms with Crippen molar-refractivity contribution < 1.29 is 18.3 Å². The average Bonchev–Trinajstić information content (AvgIpc) is 2.38. The molecule has 0 radical (unpaired) electrons. The van der Waals surface area contributed by atoms with Gasteiger partial charge < -0.3 is 5.11 Å². The molecule has 1 atom stereocenters. The van der Waals surface area contributed by atoms with Gasteiger partial charge in [-0.2, -0.15) is 13.2 Å². The van der Waals surface area contributed by atoms with Crippen molar-refractivity contribution in [2.24, 2.45) is 0 Å². The van der Waals surface area contributed by atoms with Crippen molar-refractivity contribution in [3.8, 4) is 0 Å². The van der Waals surface area contributed by atoms with E-state index in [1.54, 1.807) is 0 Å². The first-order chi connectivity index (χ1) is 9.29. The van der Waals surface area contributed by atoms with E-state index in [9.17, 15) is 18.3 Å². The average molecular weight is 366 g/mol. The van der Waals surface area contributed by atoms with Crippen LogP contribution < -0.4 is 0 Å². The monoisotopic (exact) mass is 364 g/mol. The van der Waals surface area contributed by atoms with Crippen LogP contribution in [0.1, 0.15) is 22.8 Å². The van der Waals surface area contributed by atoms with Crippen LogP contribution in [0, 0.1) is 0 Å². The Morgan fingerprint density at radius 2 is 1.65 bits per heavy atom. The van der Waals surface area contributed by atoms with Gasteiger partial charge in [-0.25, -0.2) is 0 Å². The van der Waals surface area contributed by atoms with E-state index in [1.165, 1.54) is 36.4 Å². The Kier molecular flexibility index (Phi) is 4.42. The molecule has 0 spiro atoms. The summed E-state index contributed by atoms with van der Waals surface area (Å²) in [6.45, 7) is 0. The molecule has 2 aromatic rings. The van der Waals surface area contributed by atoms with Crippen LogP contribution in [0.5, 0.6) is 0 Å². The highest BCUT2D eigenvalue weighted by molar-refractivity contribution is 9.10. The highest BCUT2D eigenvalue weighted by Crippen LogP contribution is 2.38. The molecule has 0 saturated heterocycles. The predicted molar refractivity (Wildman–Crippen MR) is 74.7 cm³/mol. The molecule has 20 heavy (non-hydrogen) atoms. The molecule has 0 saturated carbocycles. The number of benzene rings is 2. The number of halogens is 5. The molecule has 0 aliphatic heterocycles. The minimum Gasteiger partial charge on any atom is -0.384 e. The summed E-state index contributed by atoms with van der Waals surface area (Å²) < 4.78 is 39.3. The first kappa shape index (κ1) is 15.4. The van der Waals surface area contributed by atoms with Crippen LogP contribution in [-0.2, 0) is 6.18 Å². The van der Waals surface area contributed by atoms with Gasteiger partial charge in [0.05, 0.1) is 5.56 Å². The lowest BCUT2D eigenvalue weighted by Gasteiger charge is -2.18. The van der Waals surface area contributed by atoms with Crippen LogP contribution in [0.4, 0.5) is 13.2 Å². The predicted octanol–water partition coefficient (Wildman–Crippen LogP) is 5.20. The molecular weight excluding hydrogens is 357 g/mol. The Hall–Kier alpha value is -1.04. The lowest BCUT2D eigenvalue weighted by molar-refractivity contribution is -0.139. The van der Waals surface area contributed by atoms with E-state index < -0.39 is 17.8 Å². The Bertz CT molecular complexity index is 611. The van der Waals surface area contributed by atoms with Gasteiger partial charge in [0, 0.05) is 9.50 Å². The highest BCUT2D eigenvalue weighted by Gasteiger charge is 2.35. The standard InChI is InChI=1S/C14H9BrClF3O/c15-9-3-6-11(12(7-9)14(17,18)19)13(20)8-1-4-10(16)5-2-8/h1-7,13,20H. The fraction of sp³-hybridized carbons (Fsp3) is 0.143. The van der Waals surface area contributed by atoms with Gasteiger partial charge >= 0.3 is 6.18 Å². The number of hydrogen-bond donors (Lipinski definition) is 1. The van der Waals surface area contributed by atoms with E-state index in [-0.39, 0.29) is 5.56 Å². The van der Waals surface area contributed by atoms with Crippen molar-refractivity contribution >= 4 is 27.5 Å². The van der Waals surface area contributed by atoms with E-state index >= 15 is 0 Å². The number of aliphatic hydroxyl groups is 1. The first-order valence-corrected chi connectivity index (χ1v) is 6.76. The zero-order valence-electron chi connectivity index (χ0n) is 9.96. The van der Waals surface area contributed by atoms with Gasteiger partial charge in [-0.15, -0.1) is 0 Å². The number of rotatable bonds is 2. The molecule has 1 N–H and O–H groups in total. The van der Waals surface area contributed by atoms with Crippen molar-refractivity contribution in [3.63, 3.8) is 0 Å². The SMILES string of the molecule is OC(c1ccc(Cl)cc1)c1ccc(Br)cc1C(F)(F)F. The van der Waals surface area contributed by atoms with Gasteiger partial charge in [-0.05, 0) is 35.4 Å². The molecule has 1 nitrogen and oxygen atoms in total. The third-order valence-corrected chi connectivity index (χ3v) is 3.55. The summed E-state index contributed by atoms with van der Waals surface area (Å²) in [5, 5.41) is 10.6. The van der Waals surface area contributed by atoms with Gasteiger partial charge in [-0.3, -0.25) is 0 Å². The fourth-order valence-electron chi connectivity index (χ4n) is 1.84. The van der Waals surface area contributed by atoms with E-state index in [0.29, 0.717) is 15.1 Å². The molecule has 1 unspecified atom stereocenters. The lowest BCUT2D eigenvalue weighted by atomic mass is 9.96. The third kappa shape index (κ3) is 3.34. The Morgan fingerprint density at radius 1 is 1.05 bits per heavy atom. The summed E-state index contributed by atoms with van der Waals surface area (Å²) in [7, 11) is 0. The molecule has 0 aromatic heterocycles. The normalized spacial score (nSPS) is 13.3. The quantitative estimate of drug-likeness (QED) is 0.775. The molecular formula is C14H9BrClF3O. The summed E-state index contributed by atoms with van der Waals surface area (Å²) in [5.41, 5.74) is -0.709. The van der Waals surface area contributed by atoms with Crippen LogP contribution in [0.2, 0.25) is 5.02 Å². The van der Waals surface area contributed by atoms with Gasteiger partial charge in [0.1, 0.15) is 6.10 Å². The zero-order chi connectivity index (χ0) is 14.9. The number of aliphatic hydroxyl groups excluding tert-OH is 1. The van der Waals surface area contributed by atoms with Crippen LogP contribution >= 0.6 is 27.5 Å². The lowest BCUT2D eigenvalue weighted by Crippen LogP contribution is -2.12. The van der Waals surface area contributed by atoms with Gasteiger partial charge in [0.25, 0.3) is 0 Å². The number of alkyl halides is 3. The third-order valence-electron chi connectivity index (χ3n) is 2.80. The largest absolute Gasteiger partial charge is 0.416 e. The van der Waals surface area contributed by atoms with E-state index in [2.05, 4.69) is 15.9 Å². The maximum absolute atomic E-state index is 13.0. The summed E-state index contributed by atoms with van der Waals surface area (Å²) >= 11 is 8.72. The van der Waals surface area contributed by atoms with E-state index in [4.69, 9.17) is 11.6 Å². The molecule has 0 amide bonds. The molecule has 0 heterocycles. The second-order valence-corrected chi connectivity index (χ2v) is 5.54. The van der Waals surface area contributed by atoms with Gasteiger partial charge in [0.2, 0.25) is 0 Å². The maximum Gasteiger partial charge on any atom is 0.416 e. The minimum atomic E-state index is -4.54. The van der Waals surface area contributed by atoms with Crippen LogP contribution in [0.25, 0.3) is 0 Å². The zero-order valence-corrected chi connectivity index (χ0v) is 12.3. The summed E-state index contributed by atoms with van der Waals surface area (Å²) in [6, 6.07) is 9.70. The van der Waals surface area contributed by atoms with Crippen LogP contribution in [0.15, 0.2) is 46.9 Å². The highest BCUT2D eigenvalue weighted by atomic mass is 79.9. The molecule has 0 fully saturated rings. The van der Waals surface area contributed by atoms with Crippen molar-refractivity contribution in [2.45, 2.75) is 12.3 Å². The Balaban J connectivity index is 2.49. The van der Waals surface area contributed by atoms with Gasteiger partial charge in [-0.1, -0.05) is 45.7 Å². The molecule has 2 aromatic carbocycles. The summed E-state index contributed by atoms with van der Waals surface area (Å²) in [6.07, 6.45) is -5.90. The second kappa shape index (κ2) is 5.76. The van der Waals surface area contributed by atoms with Crippen LogP contribution in [0.3, 0.4) is 0 Å². The first-order valence-electron chi connectivity index (χ1n) is 5.59.